The molecule has 0 radical (unpaired) electrons. The van der Waals surface area contributed by atoms with Crippen LogP contribution in [0, 0.1) is 6.92 Å². The number of rotatable bonds is 9. The van der Waals surface area contributed by atoms with E-state index < -0.39 is 9.84 Å². The fraction of sp³-hybridized carbons (Fsp3) is 0.364. The van der Waals surface area contributed by atoms with Crippen molar-refractivity contribution in [3.63, 3.8) is 0 Å². The zero-order chi connectivity index (χ0) is 22.0. The van der Waals surface area contributed by atoms with Gasteiger partial charge in [-0.1, -0.05) is 30.3 Å². The molecule has 0 fully saturated rings. The van der Waals surface area contributed by atoms with E-state index in [1.54, 1.807) is 31.2 Å². The van der Waals surface area contributed by atoms with Crippen molar-refractivity contribution in [2.75, 3.05) is 25.9 Å². The predicted molar refractivity (Wildman–Crippen MR) is 120 cm³/mol. The minimum absolute atomic E-state index is 0.0796. The monoisotopic (exact) mass is 430 g/mol. The number of sulfone groups is 1. The minimum Gasteiger partial charge on any atom is -0.357 e. The molecule has 0 aliphatic rings. The van der Waals surface area contributed by atoms with Crippen LogP contribution in [-0.2, 0) is 16.4 Å². The van der Waals surface area contributed by atoms with Gasteiger partial charge in [0.1, 0.15) is 0 Å². The molecule has 0 aromatic heterocycles. The highest BCUT2D eigenvalue weighted by molar-refractivity contribution is 7.90. The number of aryl methyl sites for hydroxylation is 1. The van der Waals surface area contributed by atoms with Crippen LogP contribution in [0.2, 0.25) is 0 Å². The Balaban J connectivity index is 1.83. The Bertz CT molecular complexity index is 973. The van der Waals surface area contributed by atoms with Gasteiger partial charge in [0.05, 0.1) is 11.4 Å². The molecule has 1 amide bonds. The lowest BCUT2D eigenvalue weighted by atomic mass is 10.1. The number of benzene rings is 2. The lowest BCUT2D eigenvalue weighted by molar-refractivity contribution is 0.0953. The summed E-state index contributed by atoms with van der Waals surface area (Å²) in [6, 6.07) is 14.4. The van der Waals surface area contributed by atoms with E-state index in [4.69, 9.17) is 0 Å². The summed E-state index contributed by atoms with van der Waals surface area (Å²) >= 11 is 0. The van der Waals surface area contributed by atoms with Gasteiger partial charge in [-0.3, -0.25) is 4.79 Å². The summed E-state index contributed by atoms with van der Waals surface area (Å²) < 4.78 is 23.5. The van der Waals surface area contributed by atoms with Gasteiger partial charge in [-0.25, -0.2) is 13.4 Å². The van der Waals surface area contributed by atoms with Crippen molar-refractivity contribution in [3.8, 4) is 0 Å². The number of nitrogens with one attached hydrogen (secondary N) is 3. The maximum atomic E-state index is 12.0. The molecule has 0 aliphatic heterocycles. The third-order valence-corrected chi connectivity index (χ3v) is 5.63. The normalized spacial score (nSPS) is 11.8. The van der Waals surface area contributed by atoms with Crippen molar-refractivity contribution >= 4 is 21.7 Å². The highest BCUT2D eigenvalue weighted by Crippen LogP contribution is 2.17. The molecule has 2 rings (SSSR count). The average molecular weight is 431 g/mol. The fourth-order valence-electron chi connectivity index (χ4n) is 2.93. The van der Waals surface area contributed by atoms with E-state index in [2.05, 4.69) is 20.9 Å². The Kier molecular flexibility index (Phi) is 8.86. The Labute approximate surface area is 178 Å². The molecule has 0 spiro atoms. The molecule has 3 N–H and O–H groups in total. The van der Waals surface area contributed by atoms with Gasteiger partial charge in [0.15, 0.2) is 15.8 Å². The third-order valence-electron chi connectivity index (χ3n) is 4.37. The fourth-order valence-corrected chi connectivity index (χ4v) is 3.89. The Morgan fingerprint density at radius 3 is 2.33 bits per heavy atom. The Hall–Kier alpha value is -2.87. The number of nitrogens with zero attached hydrogens (tertiary/aromatic N) is 1. The number of carbonyl (C=O) groups excluding carboxylic acids is 1. The number of hydrogen-bond donors (Lipinski definition) is 3. The quantitative estimate of drug-likeness (QED) is 0.322. The van der Waals surface area contributed by atoms with E-state index in [9.17, 15) is 13.2 Å². The van der Waals surface area contributed by atoms with Crippen LogP contribution in [0.1, 0.15) is 34.8 Å². The summed E-state index contributed by atoms with van der Waals surface area (Å²) in [4.78, 5) is 16.9. The second-order valence-electron chi connectivity index (χ2n) is 6.97. The molecule has 0 saturated carbocycles. The first kappa shape index (κ1) is 23.4. The first-order chi connectivity index (χ1) is 14.3. The highest BCUT2D eigenvalue weighted by Gasteiger charge is 2.10. The molecule has 2 aromatic carbocycles. The van der Waals surface area contributed by atoms with E-state index in [1.165, 1.54) is 6.26 Å². The van der Waals surface area contributed by atoms with Crippen LogP contribution in [-0.4, -0.2) is 46.2 Å². The van der Waals surface area contributed by atoms with Gasteiger partial charge in [0, 0.05) is 31.5 Å². The highest BCUT2D eigenvalue weighted by atomic mass is 32.2. The summed E-state index contributed by atoms with van der Waals surface area (Å²) in [5, 5.41) is 9.33. The number of amides is 1. The number of carbonyl (C=O) groups is 1. The number of hydrogen-bond acceptors (Lipinski definition) is 4. The molecule has 0 heterocycles. The molecule has 0 saturated heterocycles. The van der Waals surface area contributed by atoms with Gasteiger partial charge in [0.2, 0.25) is 0 Å². The summed E-state index contributed by atoms with van der Waals surface area (Å²) in [5.41, 5.74) is 2.31. The first-order valence-electron chi connectivity index (χ1n) is 9.96. The molecular weight excluding hydrogens is 400 g/mol. The van der Waals surface area contributed by atoms with E-state index in [0.717, 1.165) is 24.1 Å². The minimum atomic E-state index is -3.22. The van der Waals surface area contributed by atoms with Crippen LogP contribution < -0.4 is 16.0 Å². The van der Waals surface area contributed by atoms with E-state index in [1.807, 2.05) is 31.2 Å². The predicted octanol–water partition coefficient (Wildman–Crippen LogP) is 2.27. The molecule has 0 unspecified atom stereocenters. The molecule has 7 nitrogen and oxygen atoms in total. The SMILES string of the molecule is CCNC(=NCc1ccc(S(C)(=O)=O)c(C)c1)NCCCNC(=O)c1ccccc1. The average Bonchev–Trinajstić information content (AvgIpc) is 2.71. The standard InChI is InChI=1S/C22H30N4O3S/c1-4-23-22(25-14-8-13-24-21(27)19-9-6-5-7-10-19)26-16-18-11-12-20(17(2)15-18)30(3,28)29/h5-7,9-12,15H,4,8,13-14,16H2,1-3H3,(H,24,27)(H2,23,25,26). The van der Waals surface area contributed by atoms with Crippen molar-refractivity contribution < 1.29 is 13.2 Å². The van der Waals surface area contributed by atoms with Gasteiger partial charge in [-0.05, 0) is 49.6 Å². The largest absolute Gasteiger partial charge is 0.357 e. The smallest absolute Gasteiger partial charge is 0.251 e. The zero-order valence-corrected chi connectivity index (χ0v) is 18.6. The van der Waals surface area contributed by atoms with Crippen LogP contribution in [0.25, 0.3) is 0 Å². The number of guanidine groups is 1. The van der Waals surface area contributed by atoms with Crippen molar-refractivity contribution in [1.82, 2.24) is 16.0 Å². The van der Waals surface area contributed by atoms with Gasteiger partial charge in [-0.2, -0.15) is 0 Å². The maximum absolute atomic E-state index is 12.0. The van der Waals surface area contributed by atoms with Crippen LogP contribution in [0.4, 0.5) is 0 Å². The second kappa shape index (κ2) is 11.3. The molecule has 8 heteroatoms. The van der Waals surface area contributed by atoms with Crippen LogP contribution in [0.5, 0.6) is 0 Å². The summed E-state index contributed by atoms with van der Waals surface area (Å²) in [6.07, 6.45) is 1.97. The molecule has 30 heavy (non-hydrogen) atoms. The lowest BCUT2D eigenvalue weighted by Gasteiger charge is -2.12. The Morgan fingerprint density at radius 1 is 1.00 bits per heavy atom. The first-order valence-corrected chi connectivity index (χ1v) is 11.9. The summed E-state index contributed by atoms with van der Waals surface area (Å²) in [5.74, 6) is 0.598. The molecular formula is C22H30N4O3S. The zero-order valence-electron chi connectivity index (χ0n) is 17.7. The number of aliphatic imine (C=N–C) groups is 1. The summed E-state index contributed by atoms with van der Waals surface area (Å²) in [6.45, 7) is 6.16. The van der Waals surface area contributed by atoms with Crippen LogP contribution in [0.15, 0.2) is 58.4 Å². The van der Waals surface area contributed by atoms with Crippen LogP contribution >= 0.6 is 0 Å². The molecule has 0 bridgehead atoms. The van der Waals surface area contributed by atoms with Crippen LogP contribution in [0.3, 0.4) is 0 Å². The van der Waals surface area contributed by atoms with E-state index in [0.29, 0.717) is 36.1 Å². The molecule has 162 valence electrons. The van der Waals surface area contributed by atoms with Gasteiger partial charge >= 0.3 is 0 Å². The topological polar surface area (TPSA) is 99.7 Å². The molecule has 0 atom stereocenters. The van der Waals surface area contributed by atoms with Crippen molar-refractivity contribution in [3.05, 3.63) is 65.2 Å². The van der Waals surface area contributed by atoms with Crippen molar-refractivity contribution in [2.24, 2.45) is 4.99 Å². The van der Waals surface area contributed by atoms with E-state index in [-0.39, 0.29) is 5.91 Å². The molecule has 0 aliphatic carbocycles. The lowest BCUT2D eigenvalue weighted by Crippen LogP contribution is -2.38. The second-order valence-corrected chi connectivity index (χ2v) is 8.95. The van der Waals surface area contributed by atoms with Gasteiger partial charge in [0.25, 0.3) is 5.91 Å². The van der Waals surface area contributed by atoms with Crippen molar-refractivity contribution in [2.45, 2.75) is 31.7 Å². The maximum Gasteiger partial charge on any atom is 0.251 e. The van der Waals surface area contributed by atoms with Gasteiger partial charge in [-0.15, -0.1) is 0 Å². The Morgan fingerprint density at radius 2 is 1.70 bits per heavy atom. The van der Waals surface area contributed by atoms with Gasteiger partial charge < -0.3 is 16.0 Å². The summed E-state index contributed by atoms with van der Waals surface area (Å²) in [7, 11) is -3.22. The molecule has 2 aromatic rings. The van der Waals surface area contributed by atoms with Crippen molar-refractivity contribution in [1.29, 1.82) is 0 Å². The van der Waals surface area contributed by atoms with E-state index >= 15 is 0 Å². The third kappa shape index (κ3) is 7.51.